The van der Waals surface area contributed by atoms with Crippen LogP contribution in [0.5, 0.6) is 5.75 Å². The molecule has 3 aromatic rings. The average Bonchev–Trinajstić information content (AvgIpc) is 2.75. The van der Waals surface area contributed by atoms with E-state index in [0.29, 0.717) is 27.0 Å². The van der Waals surface area contributed by atoms with Crippen LogP contribution in [-0.4, -0.2) is 18.0 Å². The molecule has 0 fully saturated rings. The minimum absolute atomic E-state index is 0.267. The number of hydrogen-bond donors (Lipinski definition) is 2. The van der Waals surface area contributed by atoms with Gasteiger partial charge in [0, 0.05) is 25.8 Å². The first kappa shape index (κ1) is 23.8. The van der Waals surface area contributed by atoms with Crippen molar-refractivity contribution in [2.45, 2.75) is 13.5 Å². The summed E-state index contributed by atoms with van der Waals surface area (Å²) in [6.45, 7) is 2.09. The Bertz CT molecular complexity index is 1180. The van der Waals surface area contributed by atoms with Crippen LogP contribution >= 0.6 is 39.1 Å². The van der Waals surface area contributed by atoms with Gasteiger partial charge in [-0.3, -0.25) is 9.59 Å². The fraction of sp³-hybridized carbons (Fsp3) is 0.0870. The van der Waals surface area contributed by atoms with Crippen LogP contribution in [0.2, 0.25) is 10.0 Å². The van der Waals surface area contributed by atoms with Crippen molar-refractivity contribution in [1.29, 1.82) is 0 Å². The van der Waals surface area contributed by atoms with Crippen molar-refractivity contribution in [3.05, 3.63) is 91.9 Å². The number of nitrogens with zero attached hydrogens (tertiary/aromatic N) is 1. The second-order valence-electron chi connectivity index (χ2n) is 6.71. The van der Waals surface area contributed by atoms with Crippen molar-refractivity contribution in [2.24, 2.45) is 5.10 Å². The summed E-state index contributed by atoms with van der Waals surface area (Å²) in [4.78, 5) is 24.1. The first-order chi connectivity index (χ1) is 15.3. The highest BCUT2D eigenvalue weighted by Crippen LogP contribution is 2.23. The van der Waals surface area contributed by atoms with E-state index >= 15 is 0 Å². The Hall–Kier alpha value is -2.87. The molecule has 9 heteroatoms. The molecule has 0 atom stereocenters. The van der Waals surface area contributed by atoms with Gasteiger partial charge in [0.25, 0.3) is 0 Å². The zero-order chi connectivity index (χ0) is 23.1. The highest BCUT2D eigenvalue weighted by Gasteiger charge is 2.14. The minimum Gasteiger partial charge on any atom is -0.489 e. The minimum atomic E-state index is -0.881. The van der Waals surface area contributed by atoms with Crippen LogP contribution in [0.3, 0.4) is 0 Å². The molecule has 2 N–H and O–H groups in total. The quantitative estimate of drug-likeness (QED) is 0.241. The van der Waals surface area contributed by atoms with Crippen molar-refractivity contribution < 1.29 is 14.3 Å². The van der Waals surface area contributed by atoms with Crippen LogP contribution in [0.25, 0.3) is 0 Å². The van der Waals surface area contributed by atoms with Crippen molar-refractivity contribution in [2.75, 3.05) is 5.32 Å². The van der Waals surface area contributed by atoms with Crippen LogP contribution in [0.1, 0.15) is 16.7 Å². The summed E-state index contributed by atoms with van der Waals surface area (Å²) in [7, 11) is 0. The summed E-state index contributed by atoms with van der Waals surface area (Å²) in [6.07, 6.45) is 1.41. The molecule has 0 bridgehead atoms. The number of benzene rings is 3. The van der Waals surface area contributed by atoms with Crippen molar-refractivity contribution in [1.82, 2.24) is 5.43 Å². The third-order valence-electron chi connectivity index (χ3n) is 4.29. The molecule has 3 rings (SSSR count). The summed E-state index contributed by atoms with van der Waals surface area (Å²) >= 11 is 15.4. The Labute approximate surface area is 203 Å². The first-order valence-electron chi connectivity index (χ1n) is 9.39. The number of carbonyl (C=O) groups excluding carboxylic acids is 2. The Morgan fingerprint density at radius 1 is 1.06 bits per heavy atom. The molecule has 0 aromatic heterocycles. The normalized spacial score (nSPS) is 10.8. The molecule has 3 aromatic carbocycles. The van der Waals surface area contributed by atoms with Gasteiger partial charge in [-0.05, 0) is 60.5 Å². The van der Waals surface area contributed by atoms with Gasteiger partial charge < -0.3 is 10.1 Å². The van der Waals surface area contributed by atoms with Crippen LogP contribution in [-0.2, 0) is 16.2 Å². The number of carbonyl (C=O) groups is 2. The van der Waals surface area contributed by atoms with Crippen molar-refractivity contribution in [3.8, 4) is 5.75 Å². The van der Waals surface area contributed by atoms with Gasteiger partial charge >= 0.3 is 11.8 Å². The SMILES string of the molecule is Cc1cc(Br)ccc1NC(=O)C(=O)N/N=C/c1cccc(OCc2ccc(Cl)cc2Cl)c1. The van der Waals surface area contributed by atoms with Gasteiger partial charge in [0.2, 0.25) is 0 Å². The molecule has 0 radical (unpaired) electrons. The smallest absolute Gasteiger partial charge is 0.329 e. The number of anilines is 1. The number of rotatable bonds is 6. The number of ether oxygens (including phenoxy) is 1. The van der Waals surface area contributed by atoms with Gasteiger partial charge in [-0.25, -0.2) is 5.43 Å². The summed E-state index contributed by atoms with van der Waals surface area (Å²) < 4.78 is 6.64. The van der Waals surface area contributed by atoms with Gasteiger partial charge in [0.1, 0.15) is 12.4 Å². The molecule has 0 aliphatic carbocycles. The monoisotopic (exact) mass is 533 g/mol. The lowest BCUT2D eigenvalue weighted by molar-refractivity contribution is -0.136. The molecule has 2 amide bonds. The predicted molar refractivity (Wildman–Crippen MR) is 130 cm³/mol. The standard InChI is InChI=1S/C23H18BrCl2N3O3/c1-14-9-17(24)6-8-21(14)28-22(30)23(31)29-27-12-15-3-2-4-19(10-15)32-13-16-5-7-18(25)11-20(16)26/h2-12H,13H2,1H3,(H,28,30)(H,29,31)/b27-12+. The highest BCUT2D eigenvalue weighted by atomic mass is 79.9. The van der Waals surface area contributed by atoms with Crippen LogP contribution in [0, 0.1) is 6.92 Å². The van der Waals surface area contributed by atoms with Crippen molar-refractivity contribution in [3.63, 3.8) is 0 Å². The van der Waals surface area contributed by atoms with Crippen molar-refractivity contribution >= 4 is 62.8 Å². The van der Waals surface area contributed by atoms with Gasteiger partial charge in [0.15, 0.2) is 0 Å². The Morgan fingerprint density at radius 2 is 1.88 bits per heavy atom. The van der Waals surface area contributed by atoms with Crippen LogP contribution < -0.4 is 15.5 Å². The number of aryl methyl sites for hydroxylation is 1. The van der Waals surface area contributed by atoms with Gasteiger partial charge in [0.05, 0.1) is 6.21 Å². The number of amides is 2. The zero-order valence-electron chi connectivity index (χ0n) is 16.9. The third-order valence-corrected chi connectivity index (χ3v) is 5.37. The summed E-state index contributed by atoms with van der Waals surface area (Å²) in [6, 6.07) is 17.6. The molecule has 6 nitrogen and oxygen atoms in total. The second kappa shape index (κ2) is 11.1. The number of nitrogens with one attached hydrogen (secondary N) is 2. The van der Waals surface area contributed by atoms with Crippen LogP contribution in [0.15, 0.2) is 70.2 Å². The number of hydrazone groups is 1. The molecule has 0 aliphatic heterocycles. The fourth-order valence-electron chi connectivity index (χ4n) is 2.65. The largest absolute Gasteiger partial charge is 0.489 e. The summed E-state index contributed by atoms with van der Waals surface area (Å²) in [5, 5.41) is 7.47. The lowest BCUT2D eigenvalue weighted by atomic mass is 10.2. The molecule has 32 heavy (non-hydrogen) atoms. The maximum absolute atomic E-state index is 12.1. The molecule has 0 aliphatic rings. The number of halogens is 3. The maximum Gasteiger partial charge on any atom is 0.329 e. The number of hydrogen-bond acceptors (Lipinski definition) is 4. The van der Waals surface area contributed by atoms with Gasteiger partial charge in [-0.2, -0.15) is 5.10 Å². The third kappa shape index (κ3) is 6.82. The lowest BCUT2D eigenvalue weighted by Crippen LogP contribution is -2.32. The van der Waals surface area contributed by atoms with E-state index in [-0.39, 0.29) is 6.61 Å². The highest BCUT2D eigenvalue weighted by molar-refractivity contribution is 9.10. The fourth-order valence-corrected chi connectivity index (χ4v) is 3.59. The van der Waals surface area contributed by atoms with Gasteiger partial charge in [-0.15, -0.1) is 0 Å². The molecular weight excluding hydrogens is 517 g/mol. The Balaban J connectivity index is 1.54. The van der Waals surface area contributed by atoms with E-state index < -0.39 is 11.8 Å². The average molecular weight is 535 g/mol. The molecule has 0 spiro atoms. The van der Waals surface area contributed by atoms with E-state index in [0.717, 1.165) is 15.6 Å². The van der Waals surface area contributed by atoms with E-state index in [1.165, 1.54) is 6.21 Å². The van der Waals surface area contributed by atoms with Crippen LogP contribution in [0.4, 0.5) is 5.69 Å². The van der Waals surface area contributed by atoms with E-state index in [2.05, 4.69) is 31.8 Å². The van der Waals surface area contributed by atoms with E-state index in [1.54, 1.807) is 54.6 Å². The first-order valence-corrected chi connectivity index (χ1v) is 10.9. The molecule has 0 heterocycles. The predicted octanol–water partition coefficient (Wildman–Crippen LogP) is 5.73. The molecular formula is C23H18BrCl2N3O3. The second-order valence-corrected chi connectivity index (χ2v) is 8.47. The molecule has 0 unspecified atom stereocenters. The Morgan fingerprint density at radius 3 is 2.62 bits per heavy atom. The van der Waals surface area contributed by atoms with E-state index in [9.17, 15) is 9.59 Å². The maximum atomic E-state index is 12.1. The summed E-state index contributed by atoms with van der Waals surface area (Å²) in [5.41, 5.74) is 5.05. The Kier molecular flexibility index (Phi) is 8.27. The lowest BCUT2D eigenvalue weighted by Gasteiger charge is -2.09. The molecule has 164 valence electrons. The topological polar surface area (TPSA) is 79.8 Å². The summed E-state index contributed by atoms with van der Waals surface area (Å²) in [5.74, 6) is -1.10. The van der Waals surface area contributed by atoms with E-state index in [4.69, 9.17) is 27.9 Å². The van der Waals surface area contributed by atoms with Gasteiger partial charge in [-0.1, -0.05) is 57.3 Å². The van der Waals surface area contributed by atoms with E-state index in [1.807, 2.05) is 13.0 Å². The zero-order valence-corrected chi connectivity index (χ0v) is 20.0. The molecule has 0 saturated heterocycles. The molecule has 0 saturated carbocycles.